The Morgan fingerprint density at radius 2 is 1.90 bits per heavy atom. The third kappa shape index (κ3) is 6.68. The molecule has 1 saturated heterocycles. The number of esters is 1. The summed E-state index contributed by atoms with van der Waals surface area (Å²) < 4.78 is 17.1. The lowest BCUT2D eigenvalue weighted by molar-refractivity contribution is -0.300. The lowest BCUT2D eigenvalue weighted by Crippen LogP contribution is -2.46. The molecule has 1 aliphatic rings. The van der Waals surface area contributed by atoms with Crippen LogP contribution in [0.1, 0.15) is 53.9 Å². The van der Waals surface area contributed by atoms with E-state index in [1.165, 1.54) is 0 Å². The Kier molecular flexibility index (Phi) is 5.98. The molecule has 2 atom stereocenters. The summed E-state index contributed by atoms with van der Waals surface area (Å²) in [5.41, 5.74) is -0.455. The molecule has 0 radical (unpaired) electrons. The first kappa shape index (κ1) is 17.4. The first-order chi connectivity index (χ1) is 9.11. The van der Waals surface area contributed by atoms with Crippen molar-refractivity contribution in [1.29, 1.82) is 0 Å². The zero-order valence-corrected chi connectivity index (χ0v) is 13.6. The summed E-state index contributed by atoms with van der Waals surface area (Å²) in [5, 5.41) is 3.12. The molecular weight excluding hydrogens is 258 g/mol. The van der Waals surface area contributed by atoms with Crippen LogP contribution in [0.5, 0.6) is 0 Å². The third-order valence-electron chi connectivity index (χ3n) is 2.96. The topological polar surface area (TPSA) is 56.8 Å². The Morgan fingerprint density at radius 1 is 1.30 bits per heavy atom. The summed E-state index contributed by atoms with van der Waals surface area (Å²) in [4.78, 5) is 11.9. The van der Waals surface area contributed by atoms with Crippen molar-refractivity contribution in [3.63, 3.8) is 0 Å². The second-order valence-corrected chi connectivity index (χ2v) is 6.80. The van der Waals surface area contributed by atoms with Gasteiger partial charge in [-0.1, -0.05) is 0 Å². The zero-order chi connectivity index (χ0) is 15.4. The fourth-order valence-corrected chi connectivity index (χ4v) is 2.40. The highest BCUT2D eigenvalue weighted by Gasteiger charge is 2.36. The zero-order valence-electron chi connectivity index (χ0n) is 13.6. The Labute approximate surface area is 122 Å². The Morgan fingerprint density at radius 3 is 2.45 bits per heavy atom. The minimum absolute atomic E-state index is 0.110. The van der Waals surface area contributed by atoms with E-state index in [0.29, 0.717) is 0 Å². The Bertz CT molecular complexity index is 322. The van der Waals surface area contributed by atoms with E-state index >= 15 is 0 Å². The van der Waals surface area contributed by atoms with Crippen LogP contribution in [0.2, 0.25) is 0 Å². The number of rotatable bonds is 5. The normalized spacial score (nSPS) is 26.3. The van der Waals surface area contributed by atoms with Crippen molar-refractivity contribution in [1.82, 2.24) is 5.32 Å². The largest absolute Gasteiger partial charge is 0.460 e. The smallest absolute Gasteiger partial charge is 0.308 e. The molecule has 118 valence electrons. The van der Waals surface area contributed by atoms with Gasteiger partial charge in [0.1, 0.15) is 5.60 Å². The predicted octanol–water partition coefficient (Wildman–Crippen LogP) is 2.24. The van der Waals surface area contributed by atoms with E-state index < -0.39 is 11.4 Å². The van der Waals surface area contributed by atoms with Gasteiger partial charge >= 0.3 is 5.97 Å². The average molecular weight is 287 g/mol. The van der Waals surface area contributed by atoms with E-state index in [1.807, 2.05) is 41.7 Å². The molecule has 20 heavy (non-hydrogen) atoms. The monoisotopic (exact) mass is 287 g/mol. The van der Waals surface area contributed by atoms with Gasteiger partial charge < -0.3 is 19.5 Å². The summed E-state index contributed by atoms with van der Waals surface area (Å²) >= 11 is 0. The van der Waals surface area contributed by atoms with Crippen LogP contribution in [0, 0.1) is 0 Å². The van der Waals surface area contributed by atoms with Crippen molar-refractivity contribution in [2.24, 2.45) is 0 Å². The van der Waals surface area contributed by atoms with Crippen LogP contribution >= 0.6 is 0 Å². The molecule has 1 aliphatic heterocycles. The van der Waals surface area contributed by atoms with Gasteiger partial charge in [0.2, 0.25) is 0 Å². The Hall–Kier alpha value is -0.650. The molecule has 0 bridgehead atoms. The van der Waals surface area contributed by atoms with E-state index in [0.717, 1.165) is 19.4 Å². The molecule has 1 fully saturated rings. The minimum atomic E-state index is -0.649. The van der Waals surface area contributed by atoms with E-state index in [-0.39, 0.29) is 24.6 Å². The summed E-state index contributed by atoms with van der Waals surface area (Å²) in [6.45, 7) is 10.3. The molecule has 0 aromatic heterocycles. The highest BCUT2D eigenvalue weighted by atomic mass is 16.7. The molecule has 1 rings (SSSR count). The quantitative estimate of drug-likeness (QED) is 0.786. The maximum absolute atomic E-state index is 11.9. The maximum Gasteiger partial charge on any atom is 0.308 e. The summed E-state index contributed by atoms with van der Waals surface area (Å²) in [5.74, 6) is -0.865. The molecule has 0 aromatic carbocycles. The van der Waals surface area contributed by atoms with Gasteiger partial charge in [0.25, 0.3) is 0 Å². The van der Waals surface area contributed by atoms with E-state index in [4.69, 9.17) is 14.2 Å². The molecule has 0 aliphatic carbocycles. The van der Waals surface area contributed by atoms with Crippen LogP contribution in [0.4, 0.5) is 0 Å². The van der Waals surface area contributed by atoms with Crippen molar-refractivity contribution >= 4 is 5.97 Å². The number of carbonyl (C=O) groups is 1. The van der Waals surface area contributed by atoms with Crippen molar-refractivity contribution in [3.8, 4) is 0 Å². The molecule has 0 amide bonds. The van der Waals surface area contributed by atoms with Crippen LogP contribution in [-0.4, -0.2) is 43.2 Å². The van der Waals surface area contributed by atoms with Gasteiger partial charge in [-0.25, -0.2) is 0 Å². The summed E-state index contributed by atoms with van der Waals surface area (Å²) in [7, 11) is 1.92. The number of nitrogens with one attached hydrogen (secondary N) is 1. The fourth-order valence-electron chi connectivity index (χ4n) is 2.40. The number of hydrogen-bond donors (Lipinski definition) is 1. The number of carbonyl (C=O) groups excluding carboxylic acids is 1. The number of hydrogen-bond acceptors (Lipinski definition) is 5. The van der Waals surface area contributed by atoms with Crippen molar-refractivity contribution in [2.75, 3.05) is 13.6 Å². The first-order valence-corrected chi connectivity index (χ1v) is 7.33. The van der Waals surface area contributed by atoms with Crippen LogP contribution in [0.3, 0.4) is 0 Å². The average Bonchev–Trinajstić information content (AvgIpc) is 2.21. The lowest BCUT2D eigenvalue weighted by Gasteiger charge is -2.40. The standard InChI is InChI=1S/C15H29NO4/c1-14(2,3)20-13(17)10-12-9-11(7-8-16-6)18-15(4,5)19-12/h11-12,16H,7-10H2,1-6H3. The maximum atomic E-state index is 11.9. The van der Waals surface area contributed by atoms with Gasteiger partial charge in [0.15, 0.2) is 5.79 Å². The molecule has 0 spiro atoms. The summed E-state index contributed by atoms with van der Waals surface area (Å²) in [6, 6.07) is 0. The van der Waals surface area contributed by atoms with E-state index in [1.54, 1.807) is 0 Å². The predicted molar refractivity (Wildman–Crippen MR) is 77.4 cm³/mol. The molecule has 2 unspecified atom stereocenters. The fraction of sp³-hybridized carbons (Fsp3) is 0.933. The first-order valence-electron chi connectivity index (χ1n) is 7.33. The van der Waals surface area contributed by atoms with Gasteiger partial charge in [0, 0.05) is 6.42 Å². The van der Waals surface area contributed by atoms with Gasteiger partial charge in [-0.3, -0.25) is 4.79 Å². The minimum Gasteiger partial charge on any atom is -0.460 e. The molecule has 1 heterocycles. The van der Waals surface area contributed by atoms with Crippen LogP contribution in [0.25, 0.3) is 0 Å². The van der Waals surface area contributed by atoms with Gasteiger partial charge in [0.05, 0.1) is 18.6 Å². The van der Waals surface area contributed by atoms with Crippen molar-refractivity contribution in [3.05, 3.63) is 0 Å². The Balaban J connectivity index is 2.53. The second-order valence-electron chi connectivity index (χ2n) is 6.80. The molecule has 5 nitrogen and oxygen atoms in total. The molecule has 1 N–H and O–H groups in total. The summed E-state index contributed by atoms with van der Waals surface area (Å²) in [6.07, 6.45) is 1.88. The van der Waals surface area contributed by atoms with Crippen LogP contribution in [0.15, 0.2) is 0 Å². The van der Waals surface area contributed by atoms with Gasteiger partial charge in [-0.2, -0.15) is 0 Å². The SMILES string of the molecule is CNCCC1CC(CC(=O)OC(C)(C)C)OC(C)(C)O1. The molecule has 0 saturated carbocycles. The second kappa shape index (κ2) is 6.87. The lowest BCUT2D eigenvalue weighted by atomic mass is 10.0. The van der Waals surface area contributed by atoms with Crippen LogP contribution in [-0.2, 0) is 19.0 Å². The van der Waals surface area contributed by atoms with E-state index in [9.17, 15) is 4.79 Å². The third-order valence-corrected chi connectivity index (χ3v) is 2.96. The van der Waals surface area contributed by atoms with Gasteiger partial charge in [-0.15, -0.1) is 0 Å². The van der Waals surface area contributed by atoms with Crippen molar-refractivity contribution in [2.45, 2.75) is 77.5 Å². The molecular formula is C15H29NO4. The van der Waals surface area contributed by atoms with Gasteiger partial charge in [-0.05, 0) is 54.6 Å². The van der Waals surface area contributed by atoms with Crippen molar-refractivity contribution < 1.29 is 19.0 Å². The van der Waals surface area contributed by atoms with E-state index in [2.05, 4.69) is 5.32 Å². The molecule has 5 heteroatoms. The number of ether oxygens (including phenoxy) is 3. The highest BCUT2D eigenvalue weighted by molar-refractivity contribution is 5.70. The molecule has 0 aromatic rings. The highest BCUT2D eigenvalue weighted by Crippen LogP contribution is 2.30. The van der Waals surface area contributed by atoms with Crippen LogP contribution < -0.4 is 5.32 Å².